The number of ether oxygens (including phenoxy) is 1. The van der Waals surface area contributed by atoms with Gasteiger partial charge in [0, 0.05) is 13.7 Å². The average Bonchev–Trinajstić information content (AvgIpc) is 2.47. The number of hydrogen-bond acceptors (Lipinski definition) is 3. The van der Waals surface area contributed by atoms with Gasteiger partial charge in [0.2, 0.25) is 5.91 Å². The van der Waals surface area contributed by atoms with Gasteiger partial charge in [0.25, 0.3) is 0 Å². The topological polar surface area (TPSA) is 50.4 Å². The van der Waals surface area contributed by atoms with Gasteiger partial charge in [0.1, 0.15) is 0 Å². The summed E-state index contributed by atoms with van der Waals surface area (Å²) in [5.74, 6) is 0.0469. The van der Waals surface area contributed by atoms with Crippen LogP contribution in [-0.2, 0) is 14.9 Å². The van der Waals surface area contributed by atoms with Crippen LogP contribution in [0.1, 0.15) is 43.9 Å². The third kappa shape index (κ3) is 4.70. The van der Waals surface area contributed by atoms with Gasteiger partial charge in [-0.15, -0.1) is 12.4 Å². The summed E-state index contributed by atoms with van der Waals surface area (Å²) < 4.78 is 4.95. The minimum absolute atomic E-state index is 0. The largest absolute Gasteiger partial charge is 0.383 e. The zero-order chi connectivity index (χ0) is 15.3. The highest BCUT2D eigenvalue weighted by Gasteiger charge is 2.32. The highest BCUT2D eigenvalue weighted by Crippen LogP contribution is 2.41. The molecule has 1 atom stereocenters. The predicted octanol–water partition coefficient (Wildman–Crippen LogP) is 2.57. The molecule has 5 heteroatoms. The maximum absolute atomic E-state index is 12.0. The number of carbonyl (C=O) groups is 1. The van der Waals surface area contributed by atoms with Crippen LogP contribution in [0.2, 0.25) is 0 Å². The van der Waals surface area contributed by atoms with Crippen LogP contribution in [0, 0.1) is 0 Å². The van der Waals surface area contributed by atoms with Crippen molar-refractivity contribution in [1.82, 2.24) is 10.6 Å². The van der Waals surface area contributed by atoms with Crippen molar-refractivity contribution in [2.45, 2.75) is 38.1 Å². The Hall–Kier alpha value is -1.10. The predicted molar refractivity (Wildman–Crippen MR) is 91.6 cm³/mol. The summed E-state index contributed by atoms with van der Waals surface area (Å²) in [5, 5.41) is 6.23. The molecule has 2 rings (SSSR count). The Labute approximate surface area is 139 Å². The number of methoxy groups -OCH3 is 1. The lowest BCUT2D eigenvalue weighted by Gasteiger charge is -2.37. The Kier molecular flexibility index (Phi) is 7.33. The van der Waals surface area contributed by atoms with Crippen molar-refractivity contribution in [1.29, 1.82) is 0 Å². The number of hydrogen-bond donors (Lipinski definition) is 2. The molecule has 0 fully saturated rings. The molecule has 124 valence electrons. The van der Waals surface area contributed by atoms with Gasteiger partial charge in [-0.2, -0.15) is 0 Å². The van der Waals surface area contributed by atoms with E-state index in [1.165, 1.54) is 11.1 Å². The van der Waals surface area contributed by atoms with Crippen molar-refractivity contribution in [2.75, 3.05) is 26.8 Å². The van der Waals surface area contributed by atoms with Crippen molar-refractivity contribution in [3.63, 3.8) is 0 Å². The molecule has 0 saturated heterocycles. The minimum Gasteiger partial charge on any atom is -0.383 e. The third-order valence-corrected chi connectivity index (χ3v) is 4.23. The number of carbonyl (C=O) groups excluding carboxylic acids is 1. The fourth-order valence-electron chi connectivity index (χ4n) is 2.98. The van der Waals surface area contributed by atoms with Crippen LogP contribution in [0.4, 0.5) is 0 Å². The summed E-state index contributed by atoms with van der Waals surface area (Å²) in [6.07, 6.45) is 2.08. The lowest BCUT2D eigenvalue weighted by atomic mass is 9.71. The molecule has 0 bridgehead atoms. The summed E-state index contributed by atoms with van der Waals surface area (Å²) in [6.45, 7) is 6.20. The van der Waals surface area contributed by atoms with Crippen LogP contribution in [-0.4, -0.2) is 32.7 Å². The maximum atomic E-state index is 12.0. The zero-order valence-corrected chi connectivity index (χ0v) is 14.5. The lowest BCUT2D eigenvalue weighted by molar-refractivity contribution is -0.121. The van der Waals surface area contributed by atoms with E-state index in [2.05, 4.69) is 48.7 Å². The second kappa shape index (κ2) is 8.51. The summed E-state index contributed by atoms with van der Waals surface area (Å²) >= 11 is 0. The molecule has 0 saturated carbocycles. The van der Waals surface area contributed by atoms with Gasteiger partial charge in [0.15, 0.2) is 0 Å². The smallest absolute Gasteiger partial charge is 0.234 e. The van der Waals surface area contributed by atoms with Crippen LogP contribution in [0.5, 0.6) is 0 Å². The fraction of sp³-hybridized carbons (Fsp3) is 0.588. The number of fused-ring (bicyclic) bond motifs is 1. The Morgan fingerprint density at radius 1 is 1.36 bits per heavy atom. The summed E-state index contributed by atoms with van der Waals surface area (Å²) in [4.78, 5) is 12.0. The molecule has 1 aliphatic carbocycles. The fourth-order valence-corrected chi connectivity index (χ4v) is 2.98. The van der Waals surface area contributed by atoms with Crippen LogP contribution >= 0.6 is 12.4 Å². The van der Waals surface area contributed by atoms with Gasteiger partial charge in [-0.1, -0.05) is 38.1 Å². The lowest BCUT2D eigenvalue weighted by Crippen LogP contribution is -2.40. The minimum atomic E-state index is 0. The number of rotatable bonds is 6. The average molecular weight is 327 g/mol. The van der Waals surface area contributed by atoms with E-state index in [-0.39, 0.29) is 29.8 Å². The molecule has 0 radical (unpaired) electrons. The standard InChI is InChI=1S/C17H26N2O2.ClH/c1-17(2)9-8-15(13-6-4-5-7-14(13)17)19-16(20)12-18-10-11-21-3;/h4-7,15,18H,8-12H2,1-3H3,(H,19,20);1H. The normalized spacial score (nSPS) is 19.0. The first kappa shape index (κ1) is 18.9. The Balaban J connectivity index is 0.00000242. The number of nitrogens with one attached hydrogen (secondary N) is 2. The first-order valence-electron chi connectivity index (χ1n) is 7.63. The van der Waals surface area contributed by atoms with Crippen molar-refractivity contribution in [3.8, 4) is 0 Å². The molecule has 2 N–H and O–H groups in total. The van der Waals surface area contributed by atoms with Crippen LogP contribution in [0.3, 0.4) is 0 Å². The van der Waals surface area contributed by atoms with E-state index in [0.29, 0.717) is 19.7 Å². The number of halogens is 1. The van der Waals surface area contributed by atoms with E-state index in [4.69, 9.17) is 4.74 Å². The van der Waals surface area contributed by atoms with Crippen molar-refractivity contribution in [3.05, 3.63) is 35.4 Å². The molecule has 0 aliphatic heterocycles. The van der Waals surface area contributed by atoms with Crippen LogP contribution in [0.15, 0.2) is 24.3 Å². The molecular weight excluding hydrogens is 300 g/mol. The number of amides is 1. The summed E-state index contributed by atoms with van der Waals surface area (Å²) in [7, 11) is 1.66. The molecule has 1 aromatic carbocycles. The molecule has 1 aliphatic rings. The molecule has 22 heavy (non-hydrogen) atoms. The Bertz CT molecular complexity index is 491. The van der Waals surface area contributed by atoms with E-state index >= 15 is 0 Å². The monoisotopic (exact) mass is 326 g/mol. The Morgan fingerprint density at radius 3 is 2.82 bits per heavy atom. The van der Waals surface area contributed by atoms with Crippen LogP contribution < -0.4 is 10.6 Å². The van der Waals surface area contributed by atoms with E-state index in [0.717, 1.165) is 12.8 Å². The SMILES string of the molecule is COCCNCC(=O)NC1CCC(C)(C)c2ccccc21.Cl. The molecular formula is C17H27ClN2O2. The van der Waals surface area contributed by atoms with Gasteiger partial charge in [0.05, 0.1) is 19.2 Å². The molecule has 4 nitrogen and oxygen atoms in total. The molecule has 1 amide bonds. The van der Waals surface area contributed by atoms with Crippen molar-refractivity contribution < 1.29 is 9.53 Å². The van der Waals surface area contributed by atoms with Gasteiger partial charge in [-0.3, -0.25) is 4.79 Å². The van der Waals surface area contributed by atoms with Gasteiger partial charge >= 0.3 is 0 Å². The molecule has 1 aromatic rings. The van der Waals surface area contributed by atoms with Gasteiger partial charge in [-0.25, -0.2) is 0 Å². The van der Waals surface area contributed by atoms with Crippen molar-refractivity contribution in [2.24, 2.45) is 0 Å². The van der Waals surface area contributed by atoms with E-state index in [9.17, 15) is 4.79 Å². The van der Waals surface area contributed by atoms with Gasteiger partial charge < -0.3 is 15.4 Å². The van der Waals surface area contributed by atoms with Gasteiger partial charge in [-0.05, 0) is 29.4 Å². The first-order chi connectivity index (χ1) is 10.0. The molecule has 0 heterocycles. The van der Waals surface area contributed by atoms with Crippen molar-refractivity contribution >= 4 is 18.3 Å². The quantitative estimate of drug-likeness (QED) is 0.790. The zero-order valence-electron chi connectivity index (χ0n) is 13.6. The second-order valence-electron chi connectivity index (χ2n) is 6.30. The molecule has 0 aromatic heterocycles. The Morgan fingerprint density at radius 2 is 2.09 bits per heavy atom. The highest BCUT2D eigenvalue weighted by molar-refractivity contribution is 5.85. The molecule has 1 unspecified atom stereocenters. The van der Waals surface area contributed by atoms with Crippen LogP contribution in [0.25, 0.3) is 0 Å². The van der Waals surface area contributed by atoms with E-state index < -0.39 is 0 Å². The highest BCUT2D eigenvalue weighted by atomic mass is 35.5. The van der Waals surface area contributed by atoms with E-state index in [1.54, 1.807) is 7.11 Å². The number of benzene rings is 1. The third-order valence-electron chi connectivity index (χ3n) is 4.23. The summed E-state index contributed by atoms with van der Waals surface area (Å²) in [6, 6.07) is 8.59. The molecule has 0 spiro atoms. The maximum Gasteiger partial charge on any atom is 0.234 e. The first-order valence-corrected chi connectivity index (χ1v) is 7.63. The second-order valence-corrected chi connectivity index (χ2v) is 6.30. The summed E-state index contributed by atoms with van der Waals surface area (Å²) in [5.41, 5.74) is 2.81. The van der Waals surface area contributed by atoms with E-state index in [1.807, 2.05) is 0 Å².